The van der Waals surface area contributed by atoms with E-state index < -0.39 is 0 Å². The van der Waals surface area contributed by atoms with Gasteiger partial charge in [-0.1, -0.05) is 30.3 Å². The zero-order chi connectivity index (χ0) is 19.8. The second-order valence-electron chi connectivity index (χ2n) is 7.85. The number of piperidine rings is 1. The standard InChI is InChI=1S/C24H25N3O2/c1-28-24-15-27(9-8-21(24)25)14-16-6-7-18-12-26-13-20(19(18)10-16)23-11-17-4-2-3-5-22(17)29-23/h2-7,10-13,21,24H,8-9,14-15,25H2,1H3/t21-,24-/m1/s1. The molecule has 2 atom stereocenters. The van der Waals surface area contributed by atoms with Gasteiger partial charge in [-0.05, 0) is 35.6 Å². The topological polar surface area (TPSA) is 64.5 Å². The number of ether oxygens (including phenoxy) is 1. The zero-order valence-corrected chi connectivity index (χ0v) is 16.5. The van der Waals surface area contributed by atoms with Crippen molar-refractivity contribution in [3.8, 4) is 11.3 Å². The fourth-order valence-electron chi connectivity index (χ4n) is 4.27. The van der Waals surface area contributed by atoms with Gasteiger partial charge in [-0.2, -0.15) is 0 Å². The number of fused-ring (bicyclic) bond motifs is 2. The summed E-state index contributed by atoms with van der Waals surface area (Å²) in [5.74, 6) is 0.852. The quantitative estimate of drug-likeness (QED) is 0.569. The molecule has 0 aliphatic carbocycles. The molecule has 0 unspecified atom stereocenters. The third-order valence-electron chi connectivity index (χ3n) is 5.92. The number of furan rings is 1. The van der Waals surface area contributed by atoms with Crippen molar-refractivity contribution in [2.75, 3.05) is 20.2 Å². The Balaban J connectivity index is 1.49. The van der Waals surface area contributed by atoms with Crippen LogP contribution in [0.15, 0.2) is 65.3 Å². The van der Waals surface area contributed by atoms with Gasteiger partial charge in [0.2, 0.25) is 0 Å². The maximum atomic E-state index is 6.17. The average Bonchev–Trinajstić information content (AvgIpc) is 3.18. The predicted molar refractivity (Wildman–Crippen MR) is 116 cm³/mol. The number of rotatable bonds is 4. The van der Waals surface area contributed by atoms with E-state index in [0.717, 1.165) is 59.1 Å². The van der Waals surface area contributed by atoms with Crippen LogP contribution in [0.3, 0.4) is 0 Å². The molecule has 5 rings (SSSR count). The highest BCUT2D eigenvalue weighted by molar-refractivity contribution is 5.97. The van der Waals surface area contributed by atoms with E-state index in [4.69, 9.17) is 14.9 Å². The Morgan fingerprint density at radius 1 is 1.14 bits per heavy atom. The molecule has 1 aliphatic heterocycles. The monoisotopic (exact) mass is 387 g/mol. The van der Waals surface area contributed by atoms with Gasteiger partial charge in [0.15, 0.2) is 0 Å². The van der Waals surface area contributed by atoms with Crippen molar-refractivity contribution in [2.24, 2.45) is 5.73 Å². The molecule has 0 saturated carbocycles. The lowest BCUT2D eigenvalue weighted by Crippen LogP contribution is -2.51. The van der Waals surface area contributed by atoms with Crippen LogP contribution in [-0.4, -0.2) is 42.2 Å². The van der Waals surface area contributed by atoms with Crippen molar-refractivity contribution in [1.29, 1.82) is 0 Å². The molecule has 2 N–H and O–H groups in total. The first-order valence-corrected chi connectivity index (χ1v) is 10.1. The SMILES string of the molecule is CO[C@@H]1CN(Cc2ccc3cncc(-c4cc5ccccc5o4)c3c2)CC[C@H]1N. The van der Waals surface area contributed by atoms with Gasteiger partial charge in [0.1, 0.15) is 11.3 Å². The molecule has 1 fully saturated rings. The molecule has 1 aliphatic rings. The molecule has 3 heterocycles. The summed E-state index contributed by atoms with van der Waals surface area (Å²) in [5, 5.41) is 3.38. The van der Waals surface area contributed by atoms with Gasteiger partial charge in [0.25, 0.3) is 0 Å². The van der Waals surface area contributed by atoms with E-state index in [0.29, 0.717) is 0 Å². The smallest absolute Gasteiger partial charge is 0.137 e. The van der Waals surface area contributed by atoms with Crippen LogP contribution < -0.4 is 5.73 Å². The number of methoxy groups -OCH3 is 1. The molecule has 2 aromatic carbocycles. The van der Waals surface area contributed by atoms with Gasteiger partial charge in [0, 0.05) is 61.5 Å². The number of hydrogen-bond acceptors (Lipinski definition) is 5. The third kappa shape index (κ3) is 3.53. The predicted octanol–water partition coefficient (Wildman–Crippen LogP) is 4.20. The Hall–Kier alpha value is -2.73. The minimum atomic E-state index is 0.0968. The van der Waals surface area contributed by atoms with Crippen molar-refractivity contribution in [3.05, 3.63) is 66.5 Å². The molecule has 4 aromatic rings. The Kier molecular flexibility index (Phi) is 4.79. The molecule has 0 radical (unpaired) electrons. The van der Waals surface area contributed by atoms with Crippen LogP contribution >= 0.6 is 0 Å². The maximum absolute atomic E-state index is 6.17. The maximum Gasteiger partial charge on any atom is 0.137 e. The van der Waals surface area contributed by atoms with E-state index in [9.17, 15) is 0 Å². The molecule has 0 amide bonds. The summed E-state index contributed by atoms with van der Waals surface area (Å²) in [5.41, 5.74) is 9.35. The van der Waals surface area contributed by atoms with Crippen molar-refractivity contribution in [2.45, 2.75) is 25.1 Å². The fourth-order valence-corrected chi connectivity index (χ4v) is 4.27. The molecular weight excluding hydrogens is 362 g/mol. The molecule has 1 saturated heterocycles. The first-order chi connectivity index (χ1) is 14.2. The van der Waals surface area contributed by atoms with Gasteiger partial charge in [0.05, 0.1) is 6.10 Å². The van der Waals surface area contributed by atoms with Gasteiger partial charge in [-0.25, -0.2) is 0 Å². The zero-order valence-electron chi connectivity index (χ0n) is 16.5. The second-order valence-corrected chi connectivity index (χ2v) is 7.85. The minimum absolute atomic E-state index is 0.0968. The van der Waals surface area contributed by atoms with E-state index in [1.807, 2.05) is 30.6 Å². The molecule has 2 aromatic heterocycles. The first-order valence-electron chi connectivity index (χ1n) is 10.1. The van der Waals surface area contributed by atoms with Crippen molar-refractivity contribution < 1.29 is 9.15 Å². The number of nitrogens with zero attached hydrogens (tertiary/aromatic N) is 2. The highest BCUT2D eigenvalue weighted by Crippen LogP contribution is 2.33. The third-order valence-corrected chi connectivity index (χ3v) is 5.92. The first kappa shape index (κ1) is 18.3. The molecule has 29 heavy (non-hydrogen) atoms. The molecule has 0 bridgehead atoms. The van der Waals surface area contributed by atoms with E-state index in [2.05, 4.69) is 40.2 Å². The average molecular weight is 387 g/mol. The van der Waals surface area contributed by atoms with Crippen LogP contribution in [-0.2, 0) is 11.3 Å². The van der Waals surface area contributed by atoms with Crippen molar-refractivity contribution >= 4 is 21.7 Å². The summed E-state index contributed by atoms with van der Waals surface area (Å²) < 4.78 is 11.7. The van der Waals surface area contributed by atoms with E-state index in [1.165, 1.54) is 5.56 Å². The molecule has 148 valence electrons. The highest BCUT2D eigenvalue weighted by Gasteiger charge is 2.26. The number of hydrogen-bond donors (Lipinski definition) is 1. The summed E-state index contributed by atoms with van der Waals surface area (Å²) in [7, 11) is 1.75. The molecular formula is C24H25N3O2. The largest absolute Gasteiger partial charge is 0.456 e. The normalized spacial score (nSPS) is 20.5. The highest BCUT2D eigenvalue weighted by atomic mass is 16.5. The van der Waals surface area contributed by atoms with Crippen LogP contribution in [0.5, 0.6) is 0 Å². The molecule has 5 nitrogen and oxygen atoms in total. The van der Waals surface area contributed by atoms with Crippen LogP contribution in [0.1, 0.15) is 12.0 Å². The summed E-state index contributed by atoms with van der Waals surface area (Å²) in [6, 6.07) is 16.9. The lowest BCUT2D eigenvalue weighted by molar-refractivity contribution is 0.0140. The minimum Gasteiger partial charge on any atom is -0.456 e. The summed E-state index contributed by atoms with van der Waals surface area (Å²) in [4.78, 5) is 6.85. The van der Waals surface area contributed by atoms with Crippen LogP contribution in [0.25, 0.3) is 33.1 Å². The lowest BCUT2D eigenvalue weighted by Gasteiger charge is -2.36. The van der Waals surface area contributed by atoms with Crippen LogP contribution in [0, 0.1) is 0 Å². The summed E-state index contributed by atoms with van der Waals surface area (Å²) >= 11 is 0. The Morgan fingerprint density at radius 3 is 2.90 bits per heavy atom. The second kappa shape index (κ2) is 7.59. The molecule has 5 heteroatoms. The Bertz CT molecular complexity index is 1120. The number of likely N-dealkylation sites (tertiary alicyclic amines) is 1. The fraction of sp³-hybridized carbons (Fsp3) is 0.292. The number of benzene rings is 2. The van der Waals surface area contributed by atoms with Crippen LogP contribution in [0.2, 0.25) is 0 Å². The van der Waals surface area contributed by atoms with E-state index in [-0.39, 0.29) is 12.1 Å². The van der Waals surface area contributed by atoms with E-state index in [1.54, 1.807) is 7.11 Å². The van der Waals surface area contributed by atoms with Crippen molar-refractivity contribution in [3.63, 3.8) is 0 Å². The number of pyridine rings is 1. The molecule has 0 spiro atoms. The summed E-state index contributed by atoms with van der Waals surface area (Å²) in [6.07, 6.45) is 4.86. The van der Waals surface area contributed by atoms with Crippen LogP contribution in [0.4, 0.5) is 0 Å². The Labute approximate surface area is 170 Å². The van der Waals surface area contributed by atoms with Gasteiger partial charge < -0.3 is 14.9 Å². The van der Waals surface area contributed by atoms with Gasteiger partial charge >= 0.3 is 0 Å². The number of para-hydroxylation sites is 1. The van der Waals surface area contributed by atoms with Gasteiger partial charge in [-0.3, -0.25) is 9.88 Å². The van der Waals surface area contributed by atoms with E-state index >= 15 is 0 Å². The number of nitrogens with two attached hydrogens (primary N) is 1. The van der Waals surface area contributed by atoms with Gasteiger partial charge in [-0.15, -0.1) is 0 Å². The number of aromatic nitrogens is 1. The lowest BCUT2D eigenvalue weighted by atomic mass is 10.00. The Morgan fingerprint density at radius 2 is 2.03 bits per heavy atom. The summed E-state index contributed by atoms with van der Waals surface area (Å²) in [6.45, 7) is 2.73. The van der Waals surface area contributed by atoms with Crippen molar-refractivity contribution in [1.82, 2.24) is 9.88 Å².